The summed E-state index contributed by atoms with van der Waals surface area (Å²) in [5, 5.41) is 3.14. The van der Waals surface area contributed by atoms with E-state index in [0.717, 1.165) is 16.8 Å². The minimum atomic E-state index is 0.750. The molecule has 2 rings (SSSR count). The fraction of sp³-hybridized carbons (Fsp3) is 0.154. The van der Waals surface area contributed by atoms with Crippen LogP contribution < -0.4 is 0 Å². The van der Waals surface area contributed by atoms with Gasteiger partial charge in [0.05, 0.1) is 0 Å². The van der Waals surface area contributed by atoms with Crippen LogP contribution in [0.15, 0.2) is 42.5 Å². The van der Waals surface area contributed by atoms with Gasteiger partial charge in [0.2, 0.25) is 6.41 Å². The Morgan fingerprint density at radius 1 is 1.06 bits per heavy atom. The molecule has 0 radical (unpaired) electrons. The van der Waals surface area contributed by atoms with E-state index in [2.05, 4.69) is 12.1 Å². The average molecular weight is 236 g/mol. The molecule has 0 saturated heterocycles. The first-order chi connectivity index (χ1) is 7.65. The Morgan fingerprint density at radius 2 is 1.62 bits per heavy atom. The lowest BCUT2D eigenvalue weighted by molar-refractivity contribution is -0.115. The predicted octanol–water partition coefficient (Wildman–Crippen LogP) is 3.20. The lowest BCUT2D eigenvalue weighted by atomic mass is 10.1. The van der Waals surface area contributed by atoms with Crippen molar-refractivity contribution in [2.75, 3.05) is 14.1 Å². The highest BCUT2D eigenvalue weighted by Gasteiger charge is 1.93. The molecule has 1 amide bonds. The number of hydrogen-bond acceptors (Lipinski definition) is 1. The van der Waals surface area contributed by atoms with Crippen molar-refractivity contribution in [3.05, 3.63) is 47.5 Å². The van der Waals surface area contributed by atoms with Gasteiger partial charge in [-0.1, -0.05) is 48.0 Å². The third kappa shape index (κ3) is 3.55. The Morgan fingerprint density at radius 3 is 2.19 bits per heavy atom. The highest BCUT2D eigenvalue weighted by atomic mass is 35.5. The van der Waals surface area contributed by atoms with Crippen LogP contribution in [0.2, 0.25) is 5.02 Å². The molecule has 84 valence electrons. The zero-order valence-corrected chi connectivity index (χ0v) is 10.1. The SMILES string of the molecule is CN(C)C=O.Clc1cccc2ccccc12. The minimum absolute atomic E-state index is 0.750. The summed E-state index contributed by atoms with van der Waals surface area (Å²) in [6, 6.07) is 14.0. The van der Waals surface area contributed by atoms with Crippen LogP contribution in [0.5, 0.6) is 0 Å². The van der Waals surface area contributed by atoms with Crippen molar-refractivity contribution in [1.82, 2.24) is 4.90 Å². The van der Waals surface area contributed by atoms with Crippen LogP contribution in [0, 0.1) is 0 Å². The van der Waals surface area contributed by atoms with E-state index in [1.165, 1.54) is 10.3 Å². The third-order valence-corrected chi connectivity index (χ3v) is 2.28. The number of nitrogens with zero attached hydrogens (tertiary/aromatic N) is 1. The summed E-state index contributed by atoms with van der Waals surface area (Å²) >= 11 is 5.96. The molecule has 0 N–H and O–H groups in total. The molecule has 0 aliphatic heterocycles. The van der Waals surface area contributed by atoms with Gasteiger partial charge in [0.15, 0.2) is 0 Å². The monoisotopic (exact) mass is 235 g/mol. The summed E-state index contributed by atoms with van der Waals surface area (Å²) < 4.78 is 0. The number of carbonyl (C=O) groups excluding carboxylic acids is 1. The lowest BCUT2D eigenvalue weighted by Gasteiger charge is -1.97. The van der Waals surface area contributed by atoms with Gasteiger partial charge in [-0.05, 0) is 11.5 Å². The molecule has 3 heteroatoms. The molecule has 0 atom stereocenters. The first-order valence-electron chi connectivity index (χ1n) is 4.90. The Bertz CT molecular complexity index is 463. The summed E-state index contributed by atoms with van der Waals surface area (Å²) in [5.41, 5.74) is 0. The van der Waals surface area contributed by atoms with Crippen molar-refractivity contribution < 1.29 is 4.79 Å². The van der Waals surface area contributed by atoms with E-state index in [-0.39, 0.29) is 0 Å². The molecule has 2 aromatic carbocycles. The zero-order chi connectivity index (χ0) is 12.0. The fourth-order valence-corrected chi connectivity index (χ4v) is 1.43. The highest BCUT2D eigenvalue weighted by Crippen LogP contribution is 2.21. The second kappa shape index (κ2) is 6.13. The third-order valence-electron chi connectivity index (χ3n) is 1.95. The molecule has 2 aromatic rings. The number of halogens is 1. The normalized spacial score (nSPS) is 9.19. The molecular formula is C13H14ClNO. The molecule has 0 spiro atoms. The van der Waals surface area contributed by atoms with Crippen molar-refractivity contribution in [3.63, 3.8) is 0 Å². The molecule has 0 fully saturated rings. The van der Waals surface area contributed by atoms with E-state index < -0.39 is 0 Å². The van der Waals surface area contributed by atoms with Gasteiger partial charge in [0.1, 0.15) is 0 Å². The Kier molecular flexibility index (Phi) is 4.80. The molecule has 0 saturated carbocycles. The van der Waals surface area contributed by atoms with Crippen molar-refractivity contribution in [2.24, 2.45) is 0 Å². The maximum Gasteiger partial charge on any atom is 0.209 e. The number of carbonyl (C=O) groups is 1. The molecule has 0 heterocycles. The summed E-state index contributed by atoms with van der Waals surface area (Å²) in [6.45, 7) is 0. The van der Waals surface area contributed by atoms with E-state index in [1.54, 1.807) is 14.1 Å². The zero-order valence-electron chi connectivity index (χ0n) is 9.35. The van der Waals surface area contributed by atoms with Crippen molar-refractivity contribution in [3.8, 4) is 0 Å². The lowest BCUT2D eigenvalue weighted by Crippen LogP contribution is -2.06. The molecule has 0 unspecified atom stereocenters. The Balaban J connectivity index is 0.000000221. The van der Waals surface area contributed by atoms with E-state index in [9.17, 15) is 4.79 Å². The quantitative estimate of drug-likeness (QED) is 0.696. The van der Waals surface area contributed by atoms with E-state index in [4.69, 9.17) is 11.6 Å². The molecule has 0 bridgehead atoms. The first kappa shape index (κ1) is 12.5. The van der Waals surface area contributed by atoms with Gasteiger partial charge in [-0.3, -0.25) is 4.79 Å². The highest BCUT2D eigenvalue weighted by molar-refractivity contribution is 6.35. The van der Waals surface area contributed by atoms with Crippen LogP contribution in [0.3, 0.4) is 0 Å². The van der Waals surface area contributed by atoms with Crippen molar-refractivity contribution in [1.29, 1.82) is 0 Å². The van der Waals surface area contributed by atoms with Gasteiger partial charge in [-0.25, -0.2) is 0 Å². The molecule has 0 aromatic heterocycles. The molecule has 0 aliphatic rings. The van der Waals surface area contributed by atoms with Gasteiger partial charge in [-0.15, -0.1) is 0 Å². The number of rotatable bonds is 1. The van der Waals surface area contributed by atoms with Gasteiger partial charge in [-0.2, -0.15) is 0 Å². The molecule has 2 nitrogen and oxygen atoms in total. The van der Waals surface area contributed by atoms with Crippen LogP contribution in [-0.2, 0) is 4.79 Å². The summed E-state index contributed by atoms with van der Waals surface area (Å²) in [7, 11) is 3.38. The Hall–Kier alpha value is -1.54. The second-order valence-electron chi connectivity index (χ2n) is 3.53. The Labute approximate surface area is 100 Å². The number of fused-ring (bicyclic) bond motifs is 1. The van der Waals surface area contributed by atoms with Gasteiger partial charge < -0.3 is 4.90 Å². The minimum Gasteiger partial charge on any atom is -0.351 e. The molecule has 0 aliphatic carbocycles. The summed E-state index contributed by atoms with van der Waals surface area (Å²) in [6.07, 6.45) is 0.750. The topological polar surface area (TPSA) is 20.3 Å². The number of hydrogen-bond donors (Lipinski definition) is 0. The fourth-order valence-electron chi connectivity index (χ4n) is 1.19. The molecular weight excluding hydrogens is 222 g/mol. The van der Waals surface area contributed by atoms with Crippen molar-refractivity contribution >= 4 is 28.8 Å². The second-order valence-corrected chi connectivity index (χ2v) is 3.94. The van der Waals surface area contributed by atoms with Crippen LogP contribution >= 0.6 is 11.6 Å². The van der Waals surface area contributed by atoms with Gasteiger partial charge in [0, 0.05) is 24.5 Å². The predicted molar refractivity (Wildman–Crippen MR) is 68.7 cm³/mol. The number of amides is 1. The van der Waals surface area contributed by atoms with Gasteiger partial charge in [0.25, 0.3) is 0 Å². The van der Waals surface area contributed by atoms with E-state index in [0.29, 0.717) is 0 Å². The number of benzene rings is 2. The van der Waals surface area contributed by atoms with E-state index >= 15 is 0 Å². The largest absolute Gasteiger partial charge is 0.351 e. The van der Waals surface area contributed by atoms with Crippen LogP contribution in [0.25, 0.3) is 10.8 Å². The average Bonchev–Trinajstić information content (AvgIpc) is 2.30. The van der Waals surface area contributed by atoms with Crippen LogP contribution in [-0.4, -0.2) is 25.4 Å². The summed E-state index contributed by atoms with van der Waals surface area (Å²) in [4.78, 5) is 10.9. The van der Waals surface area contributed by atoms with Crippen LogP contribution in [0.1, 0.15) is 0 Å². The summed E-state index contributed by atoms with van der Waals surface area (Å²) in [5.74, 6) is 0. The maximum absolute atomic E-state index is 9.43. The maximum atomic E-state index is 9.43. The standard InChI is InChI=1S/C10H7Cl.C3H7NO/c11-10-7-3-5-8-4-1-2-6-9(8)10;1-4(2)3-5/h1-7H;3H,1-2H3. The van der Waals surface area contributed by atoms with Crippen molar-refractivity contribution in [2.45, 2.75) is 0 Å². The van der Waals surface area contributed by atoms with Gasteiger partial charge >= 0.3 is 0 Å². The smallest absolute Gasteiger partial charge is 0.209 e. The van der Waals surface area contributed by atoms with Crippen LogP contribution in [0.4, 0.5) is 0 Å². The molecule has 16 heavy (non-hydrogen) atoms. The first-order valence-corrected chi connectivity index (χ1v) is 5.28. The van der Waals surface area contributed by atoms with E-state index in [1.807, 2.05) is 30.3 Å².